The summed E-state index contributed by atoms with van der Waals surface area (Å²) in [7, 11) is 3.65. The monoisotopic (exact) mass is 343 g/mol. The highest BCUT2D eigenvalue weighted by atomic mass is 16.5. The van der Waals surface area contributed by atoms with Gasteiger partial charge in [0.05, 0.1) is 26.4 Å². The molecule has 2 aromatic rings. The van der Waals surface area contributed by atoms with Crippen LogP contribution in [0.25, 0.3) is 0 Å². The molecule has 25 heavy (non-hydrogen) atoms. The zero-order valence-electron chi connectivity index (χ0n) is 14.8. The van der Waals surface area contributed by atoms with E-state index in [0.717, 1.165) is 32.1 Å². The van der Waals surface area contributed by atoms with Crippen LogP contribution in [-0.2, 0) is 11.8 Å². The number of nitrogens with zero attached hydrogens (tertiary/aromatic N) is 2. The molecule has 1 amide bonds. The van der Waals surface area contributed by atoms with Gasteiger partial charge < -0.3 is 19.4 Å². The largest absolute Gasteiger partial charge is 0.497 e. The van der Waals surface area contributed by atoms with Crippen molar-refractivity contribution in [2.75, 3.05) is 40.0 Å². The minimum atomic E-state index is -0.0740. The molecule has 1 saturated heterocycles. The van der Waals surface area contributed by atoms with E-state index in [2.05, 4.69) is 20.9 Å². The van der Waals surface area contributed by atoms with E-state index < -0.39 is 0 Å². The van der Waals surface area contributed by atoms with Gasteiger partial charge in [-0.15, -0.1) is 0 Å². The molecule has 0 unspecified atom stereocenters. The van der Waals surface area contributed by atoms with Crippen LogP contribution in [0.3, 0.4) is 0 Å². The quantitative estimate of drug-likeness (QED) is 0.870. The predicted molar refractivity (Wildman–Crippen MR) is 95.9 cm³/mol. The minimum Gasteiger partial charge on any atom is -0.497 e. The number of carbonyl (C=O) groups is 1. The number of benzene rings is 1. The van der Waals surface area contributed by atoms with Gasteiger partial charge in [-0.3, -0.25) is 9.69 Å². The maximum absolute atomic E-state index is 12.5. The number of hydrogen-bond acceptors (Lipinski definition) is 4. The van der Waals surface area contributed by atoms with Crippen LogP contribution < -0.4 is 10.1 Å². The van der Waals surface area contributed by atoms with E-state index in [0.29, 0.717) is 12.1 Å². The second-order valence-electron chi connectivity index (χ2n) is 6.15. The Morgan fingerprint density at radius 1 is 1.24 bits per heavy atom. The Hall–Kier alpha value is -2.31. The molecule has 1 aromatic heterocycles. The molecule has 1 fully saturated rings. The molecular weight excluding hydrogens is 318 g/mol. The summed E-state index contributed by atoms with van der Waals surface area (Å²) in [6, 6.07) is 11.4. The number of aromatic nitrogens is 1. The molecule has 6 heteroatoms. The fourth-order valence-corrected chi connectivity index (χ4v) is 3.16. The van der Waals surface area contributed by atoms with Crippen LogP contribution in [0.4, 0.5) is 0 Å². The van der Waals surface area contributed by atoms with Crippen molar-refractivity contribution in [2.24, 2.45) is 7.05 Å². The molecular formula is C19H25N3O3. The lowest BCUT2D eigenvalue weighted by Crippen LogP contribution is -2.44. The third-order valence-electron chi connectivity index (χ3n) is 4.62. The van der Waals surface area contributed by atoms with E-state index >= 15 is 0 Å². The summed E-state index contributed by atoms with van der Waals surface area (Å²) in [4.78, 5) is 14.9. The van der Waals surface area contributed by atoms with E-state index in [1.54, 1.807) is 31.4 Å². The minimum absolute atomic E-state index is 0.0740. The molecule has 6 nitrogen and oxygen atoms in total. The number of nitrogens with one attached hydrogen (secondary N) is 1. The Kier molecular flexibility index (Phi) is 5.73. The standard InChI is InChI=1S/C19H25N3O3/c1-21-9-3-4-17(21)18(22-10-12-25-13-11-22)14-20-19(23)15-5-7-16(24-2)8-6-15/h3-9,18H,10-14H2,1-2H3,(H,20,23)/t18-/m1/s1. The van der Waals surface area contributed by atoms with Crippen molar-refractivity contribution in [2.45, 2.75) is 6.04 Å². The predicted octanol–water partition coefficient (Wildman–Crippen LogP) is 1.84. The molecule has 1 aliphatic heterocycles. The lowest BCUT2D eigenvalue weighted by molar-refractivity contribution is 0.0148. The summed E-state index contributed by atoms with van der Waals surface area (Å²) in [6.45, 7) is 3.76. The Morgan fingerprint density at radius 3 is 2.56 bits per heavy atom. The molecule has 0 bridgehead atoms. The second-order valence-corrected chi connectivity index (χ2v) is 6.15. The fraction of sp³-hybridized carbons (Fsp3) is 0.421. The van der Waals surface area contributed by atoms with Crippen molar-refractivity contribution in [3.05, 3.63) is 53.9 Å². The fourth-order valence-electron chi connectivity index (χ4n) is 3.16. The lowest BCUT2D eigenvalue weighted by atomic mass is 10.1. The van der Waals surface area contributed by atoms with Gasteiger partial charge in [-0.1, -0.05) is 0 Å². The Labute approximate surface area is 148 Å². The SMILES string of the molecule is COc1ccc(C(=O)NC[C@H](c2cccn2C)N2CCOCC2)cc1. The molecule has 3 rings (SSSR count). The molecule has 2 heterocycles. The number of amides is 1. The normalized spacial score (nSPS) is 16.4. The molecule has 1 N–H and O–H groups in total. The molecule has 0 saturated carbocycles. The molecule has 1 aromatic carbocycles. The summed E-state index contributed by atoms with van der Waals surface area (Å²) in [5.74, 6) is 0.668. The molecule has 1 aliphatic rings. The molecule has 0 aliphatic carbocycles. The van der Waals surface area contributed by atoms with Crippen LogP contribution in [0.15, 0.2) is 42.6 Å². The van der Waals surface area contributed by atoms with Gasteiger partial charge in [0.15, 0.2) is 0 Å². The number of hydrogen-bond donors (Lipinski definition) is 1. The first-order chi connectivity index (χ1) is 12.2. The third-order valence-corrected chi connectivity index (χ3v) is 4.62. The van der Waals surface area contributed by atoms with Gasteiger partial charge in [0.25, 0.3) is 5.91 Å². The van der Waals surface area contributed by atoms with Crippen molar-refractivity contribution in [3.8, 4) is 5.75 Å². The first-order valence-electron chi connectivity index (χ1n) is 8.54. The summed E-state index contributed by atoms with van der Waals surface area (Å²) in [6.07, 6.45) is 2.04. The van der Waals surface area contributed by atoms with Gasteiger partial charge in [-0.25, -0.2) is 0 Å². The van der Waals surface area contributed by atoms with Gasteiger partial charge in [0.2, 0.25) is 0 Å². The van der Waals surface area contributed by atoms with E-state index in [4.69, 9.17) is 9.47 Å². The summed E-state index contributed by atoms with van der Waals surface area (Å²) in [5, 5.41) is 3.07. The summed E-state index contributed by atoms with van der Waals surface area (Å²) >= 11 is 0. The summed E-state index contributed by atoms with van der Waals surface area (Å²) < 4.78 is 12.7. The number of carbonyl (C=O) groups excluding carboxylic acids is 1. The van der Waals surface area contributed by atoms with Crippen molar-refractivity contribution >= 4 is 5.91 Å². The van der Waals surface area contributed by atoms with Gasteiger partial charge in [-0.2, -0.15) is 0 Å². The summed E-state index contributed by atoms with van der Waals surface area (Å²) in [5.41, 5.74) is 1.82. The van der Waals surface area contributed by atoms with Crippen LogP contribution in [0.1, 0.15) is 22.1 Å². The second kappa shape index (κ2) is 8.18. The lowest BCUT2D eigenvalue weighted by Gasteiger charge is -2.35. The van der Waals surface area contributed by atoms with E-state index in [9.17, 15) is 4.79 Å². The molecule has 0 radical (unpaired) electrons. The number of ether oxygens (including phenoxy) is 2. The highest BCUT2D eigenvalue weighted by molar-refractivity contribution is 5.94. The molecule has 134 valence electrons. The first kappa shape index (κ1) is 17.5. The topological polar surface area (TPSA) is 55.7 Å². The zero-order chi connectivity index (χ0) is 17.6. The van der Waals surface area contributed by atoms with Crippen molar-refractivity contribution in [1.82, 2.24) is 14.8 Å². The van der Waals surface area contributed by atoms with Crippen LogP contribution in [0.2, 0.25) is 0 Å². The van der Waals surface area contributed by atoms with Crippen molar-refractivity contribution in [1.29, 1.82) is 0 Å². The Bertz CT molecular complexity index is 690. The van der Waals surface area contributed by atoms with Crippen LogP contribution in [0.5, 0.6) is 5.75 Å². The maximum Gasteiger partial charge on any atom is 0.251 e. The van der Waals surface area contributed by atoms with Crippen molar-refractivity contribution in [3.63, 3.8) is 0 Å². The van der Waals surface area contributed by atoms with Gasteiger partial charge in [-0.05, 0) is 36.4 Å². The van der Waals surface area contributed by atoms with Crippen molar-refractivity contribution < 1.29 is 14.3 Å². The van der Waals surface area contributed by atoms with Gasteiger partial charge in [0, 0.05) is 44.1 Å². The van der Waals surface area contributed by atoms with E-state index in [1.807, 2.05) is 19.3 Å². The number of rotatable bonds is 6. The first-order valence-corrected chi connectivity index (χ1v) is 8.54. The molecule has 1 atom stereocenters. The maximum atomic E-state index is 12.5. The van der Waals surface area contributed by atoms with Gasteiger partial charge >= 0.3 is 0 Å². The third kappa shape index (κ3) is 4.21. The number of methoxy groups -OCH3 is 1. The van der Waals surface area contributed by atoms with Crippen LogP contribution >= 0.6 is 0 Å². The highest BCUT2D eigenvalue weighted by Crippen LogP contribution is 2.21. The molecule has 0 spiro atoms. The zero-order valence-corrected chi connectivity index (χ0v) is 14.8. The van der Waals surface area contributed by atoms with E-state index in [1.165, 1.54) is 5.69 Å². The highest BCUT2D eigenvalue weighted by Gasteiger charge is 2.25. The van der Waals surface area contributed by atoms with E-state index in [-0.39, 0.29) is 11.9 Å². The smallest absolute Gasteiger partial charge is 0.251 e. The van der Waals surface area contributed by atoms with Gasteiger partial charge in [0.1, 0.15) is 5.75 Å². The Morgan fingerprint density at radius 2 is 1.96 bits per heavy atom. The average Bonchev–Trinajstić information content (AvgIpc) is 3.08. The Balaban J connectivity index is 1.69. The van der Waals surface area contributed by atoms with Crippen LogP contribution in [0, 0.1) is 0 Å². The number of aryl methyl sites for hydroxylation is 1. The number of morpholine rings is 1. The van der Waals surface area contributed by atoms with Crippen LogP contribution in [-0.4, -0.2) is 55.3 Å². The average molecular weight is 343 g/mol.